The van der Waals surface area contributed by atoms with Crippen molar-refractivity contribution in [2.75, 3.05) is 0 Å². The number of ether oxygens (including phenoxy) is 2. The van der Waals surface area contributed by atoms with Crippen LogP contribution in [0.4, 0.5) is 0 Å². The summed E-state index contributed by atoms with van der Waals surface area (Å²) < 4.78 is 17.7. The molecule has 14 aromatic rings. The summed E-state index contributed by atoms with van der Waals surface area (Å²) >= 11 is 0. The number of hydrogen-bond acceptors (Lipinski definition) is 8. The number of benzene rings is 8. The van der Waals surface area contributed by atoms with Crippen LogP contribution in [0.2, 0.25) is 0 Å². The predicted octanol–water partition coefficient (Wildman–Crippen LogP) is 20.3. The summed E-state index contributed by atoms with van der Waals surface area (Å²) in [6.07, 6.45) is 3.79. The van der Waals surface area contributed by atoms with E-state index in [1.54, 1.807) is 0 Å². The molecule has 0 fully saturated rings. The van der Waals surface area contributed by atoms with Gasteiger partial charge in [-0.25, -0.2) is 4.98 Å². The third-order valence-electron chi connectivity index (χ3n) is 16.1. The van der Waals surface area contributed by atoms with Gasteiger partial charge in [0.25, 0.3) is 11.9 Å². The number of carboxylic acids is 2. The van der Waals surface area contributed by atoms with E-state index >= 15 is 0 Å². The van der Waals surface area contributed by atoms with E-state index in [2.05, 4.69) is 268 Å². The van der Waals surface area contributed by atoms with Crippen molar-refractivity contribution in [3.05, 3.63) is 229 Å². The van der Waals surface area contributed by atoms with Crippen molar-refractivity contribution in [3.63, 3.8) is 0 Å². The van der Waals surface area contributed by atoms with Crippen LogP contribution in [-0.2, 0) is 72.1 Å². The Labute approximate surface area is 576 Å². The third kappa shape index (κ3) is 14.9. The van der Waals surface area contributed by atoms with Crippen LogP contribution in [0.1, 0.15) is 119 Å². The molecule has 0 bridgehead atoms. The van der Waals surface area contributed by atoms with Crippen LogP contribution < -0.4 is 9.47 Å². The maximum atomic E-state index is 9.00. The van der Waals surface area contributed by atoms with E-state index in [1.165, 1.54) is 22.1 Å². The molecule has 0 saturated carbocycles. The van der Waals surface area contributed by atoms with Gasteiger partial charge in [-0.05, 0) is 146 Å². The molecule has 0 aliphatic rings. The smallest absolute Gasteiger partial charge is 0.497 e. The van der Waals surface area contributed by atoms with Crippen molar-refractivity contribution in [1.82, 2.24) is 28.7 Å². The quantitative estimate of drug-likeness (QED) is 0.0934. The zero-order valence-corrected chi connectivity index (χ0v) is 58.4. The van der Waals surface area contributed by atoms with Gasteiger partial charge in [0.2, 0.25) is 0 Å². The molecule has 482 valence electrons. The number of imidazole rings is 2. The van der Waals surface area contributed by atoms with E-state index in [9.17, 15) is 0 Å². The second-order valence-electron chi connectivity index (χ2n) is 27.4. The number of rotatable bonds is 6. The SMILES string of the molecule is CC(=O)O.CC(=O)O.CC(C)(C)c1cc(Oc2[c-]c3c(cc2)c2ccccc2n2c4ccccc4nc32)[c-]c(-c2cc(C(C)(C)C)ccn2)c1.CC(C)(C)c1cc(Oc2ccc3c4ccccc4n4c5ccccc5nc4c3c2)cc(-c2cc(C(C)(C)C)ccn2)c1.[Pd+2].[Pd]. The number of nitrogens with zero attached hydrogens (tertiary/aromatic N) is 6. The van der Waals surface area contributed by atoms with Gasteiger partial charge in [0.15, 0.2) is 0 Å². The second kappa shape index (κ2) is 27.4. The first-order valence-corrected chi connectivity index (χ1v) is 30.9. The molecule has 0 aliphatic carbocycles. The first-order valence-electron chi connectivity index (χ1n) is 30.9. The van der Waals surface area contributed by atoms with Gasteiger partial charge in [0, 0.05) is 80.0 Å². The van der Waals surface area contributed by atoms with Gasteiger partial charge in [0.1, 0.15) is 17.1 Å². The molecule has 14 heteroatoms. The number of aliphatic carboxylic acids is 2. The minimum atomic E-state index is -0.833. The van der Waals surface area contributed by atoms with Crippen molar-refractivity contribution in [2.45, 2.75) is 119 Å². The minimum absolute atomic E-state index is 0. The fourth-order valence-electron chi connectivity index (χ4n) is 11.4. The summed E-state index contributed by atoms with van der Waals surface area (Å²) in [4.78, 5) is 37.6. The summed E-state index contributed by atoms with van der Waals surface area (Å²) in [5, 5.41) is 21.4. The standard InChI is InChI=1S/C38H35N3O.C38H33N3O.2C2H4O2.2Pd/c2*1-37(2,3)25-17-18-39-33(22-25)24-19-26(38(4,5)6)21-28(20-24)42-27-15-16-29-30-11-7-9-13-34(30)41-35-14-10-8-12-32(35)40-36(41)31(29)23-27;2*1-2(3)4;;/h7-23H,1-6H3;7-19,21-22H,1-6H3;2*1H3,(H,3,4);;/q;-2;;;;+2. The molecule has 6 aromatic heterocycles. The van der Waals surface area contributed by atoms with Crippen molar-refractivity contribution in [1.29, 1.82) is 0 Å². The Balaban J connectivity index is 0.000000195. The summed E-state index contributed by atoms with van der Waals surface area (Å²) in [5.74, 6) is 1.17. The molecule has 6 heterocycles. The monoisotopic (exact) mass is 1430 g/mol. The van der Waals surface area contributed by atoms with Crippen LogP contribution in [0.3, 0.4) is 0 Å². The van der Waals surface area contributed by atoms with Crippen molar-refractivity contribution in [3.8, 4) is 45.5 Å². The van der Waals surface area contributed by atoms with Crippen molar-refractivity contribution >= 4 is 88.7 Å². The number of carbonyl (C=O) groups is 2. The van der Waals surface area contributed by atoms with Crippen LogP contribution in [0.15, 0.2) is 194 Å². The molecule has 14 rings (SSSR count). The molecule has 0 spiro atoms. The molecule has 0 unspecified atom stereocenters. The van der Waals surface area contributed by atoms with Gasteiger partial charge < -0.3 is 29.1 Å². The Bertz CT molecular complexity index is 4830. The van der Waals surface area contributed by atoms with E-state index in [0.29, 0.717) is 11.5 Å². The predicted molar refractivity (Wildman–Crippen MR) is 374 cm³/mol. The van der Waals surface area contributed by atoms with Crippen LogP contribution in [0, 0.1) is 12.1 Å². The van der Waals surface area contributed by atoms with E-state index in [1.807, 2.05) is 30.6 Å². The molecule has 12 nitrogen and oxygen atoms in total. The fourth-order valence-corrected chi connectivity index (χ4v) is 11.4. The number of aromatic nitrogens is 6. The number of fused-ring (bicyclic) bond motifs is 16. The van der Waals surface area contributed by atoms with Crippen molar-refractivity contribution in [2.24, 2.45) is 0 Å². The molecule has 0 radical (unpaired) electrons. The van der Waals surface area contributed by atoms with Crippen molar-refractivity contribution < 1.29 is 70.1 Å². The van der Waals surface area contributed by atoms with Gasteiger partial charge >= 0.3 is 20.4 Å². The molecule has 0 saturated heterocycles. The molecule has 0 amide bonds. The Morgan fingerprint density at radius 1 is 0.415 bits per heavy atom. The third-order valence-corrected chi connectivity index (χ3v) is 16.1. The molecular weight excluding hydrogens is 1350 g/mol. The molecule has 94 heavy (non-hydrogen) atoms. The number of para-hydroxylation sites is 6. The maximum absolute atomic E-state index is 9.00. The van der Waals surface area contributed by atoms with Gasteiger partial charge in [-0.3, -0.25) is 24.0 Å². The first-order chi connectivity index (χ1) is 43.6. The van der Waals surface area contributed by atoms with Crippen LogP contribution in [0.25, 0.3) is 99.2 Å². The molecule has 2 N–H and O–H groups in total. The van der Waals surface area contributed by atoms with Gasteiger partial charge in [-0.1, -0.05) is 185 Å². The van der Waals surface area contributed by atoms with Crippen LogP contribution in [-0.4, -0.2) is 50.9 Å². The summed E-state index contributed by atoms with van der Waals surface area (Å²) in [6, 6.07) is 70.4. The Morgan fingerprint density at radius 2 is 0.883 bits per heavy atom. The van der Waals surface area contributed by atoms with Gasteiger partial charge in [-0.2, -0.15) is 0 Å². The molecule has 0 aliphatic heterocycles. The van der Waals surface area contributed by atoms with E-state index < -0.39 is 11.9 Å². The Hall–Kier alpha value is -9.14. The van der Waals surface area contributed by atoms with Crippen LogP contribution >= 0.6 is 0 Å². The first kappa shape index (κ1) is 69.2. The summed E-state index contributed by atoms with van der Waals surface area (Å²) in [7, 11) is 0. The van der Waals surface area contributed by atoms with Gasteiger partial charge in [-0.15, -0.1) is 23.3 Å². The maximum Gasteiger partial charge on any atom is 2.00 e. The normalized spacial score (nSPS) is 11.7. The van der Waals surface area contributed by atoms with E-state index in [-0.39, 0.29) is 62.5 Å². The Kier molecular flexibility index (Phi) is 20.2. The molecule has 8 aromatic carbocycles. The van der Waals surface area contributed by atoms with E-state index in [0.717, 1.165) is 125 Å². The number of pyridine rings is 4. The largest absolute Gasteiger partial charge is 2.00 e. The van der Waals surface area contributed by atoms with Gasteiger partial charge in [0.05, 0.1) is 38.9 Å². The zero-order valence-electron chi connectivity index (χ0n) is 55.3. The van der Waals surface area contributed by atoms with E-state index in [4.69, 9.17) is 49.2 Å². The summed E-state index contributed by atoms with van der Waals surface area (Å²) in [6.45, 7) is 28.8. The molecule has 0 atom stereocenters. The summed E-state index contributed by atoms with van der Waals surface area (Å²) in [5.41, 5.74) is 16.8. The van der Waals surface area contributed by atoms with Crippen LogP contribution in [0.5, 0.6) is 23.0 Å². The Morgan fingerprint density at radius 3 is 1.45 bits per heavy atom. The fraction of sp³-hybridized carbons (Fsp3) is 0.225. The second-order valence-corrected chi connectivity index (χ2v) is 27.4. The average molecular weight is 1430 g/mol. The zero-order chi connectivity index (χ0) is 65.6. The topological polar surface area (TPSA) is 153 Å². The minimum Gasteiger partial charge on any atom is -0.497 e. The number of hydrogen-bond donors (Lipinski definition) is 2. The average Bonchev–Trinajstić information content (AvgIpc) is 1.51. The number of carboxylic acid groups (broad SMARTS) is 2. The molecular formula is C80H76N6O6Pd2.